The minimum atomic E-state index is -0.979. The predicted octanol–water partition coefficient (Wildman–Crippen LogP) is 5.32. The lowest BCUT2D eigenvalue weighted by Gasteiger charge is -2.10. The summed E-state index contributed by atoms with van der Waals surface area (Å²) in [7, 11) is 0. The number of aryl methyl sites for hydroxylation is 1. The molecule has 0 bridgehead atoms. The van der Waals surface area contributed by atoms with Gasteiger partial charge in [0, 0.05) is 20.4 Å². The zero-order chi connectivity index (χ0) is 15.9. The van der Waals surface area contributed by atoms with Gasteiger partial charge in [-0.3, -0.25) is 0 Å². The SMILES string of the molecule is Cc1c(Cl)ccc2c(C(=O)O)cc(-c3ccc(Br)cc3)nc12. The van der Waals surface area contributed by atoms with Crippen LogP contribution in [0.5, 0.6) is 0 Å². The third kappa shape index (κ3) is 2.60. The first kappa shape index (κ1) is 15.0. The molecule has 3 aromatic rings. The molecule has 3 rings (SSSR count). The van der Waals surface area contributed by atoms with Crippen LogP contribution in [0.2, 0.25) is 5.02 Å². The van der Waals surface area contributed by atoms with Crippen molar-refractivity contribution in [3.05, 3.63) is 63.1 Å². The standard InChI is InChI=1S/C17H11BrClNO2/c1-9-14(19)7-6-12-13(17(21)22)8-15(20-16(9)12)10-2-4-11(18)5-3-10/h2-8H,1H3,(H,21,22). The minimum absolute atomic E-state index is 0.225. The van der Waals surface area contributed by atoms with E-state index < -0.39 is 5.97 Å². The van der Waals surface area contributed by atoms with Crippen molar-refractivity contribution >= 4 is 44.4 Å². The number of aromatic carboxylic acids is 1. The Morgan fingerprint density at radius 2 is 1.86 bits per heavy atom. The second-order valence-electron chi connectivity index (χ2n) is 4.94. The number of carbonyl (C=O) groups is 1. The van der Waals surface area contributed by atoms with Crippen molar-refractivity contribution in [2.24, 2.45) is 0 Å². The van der Waals surface area contributed by atoms with Crippen molar-refractivity contribution in [1.29, 1.82) is 0 Å². The molecular formula is C17H11BrClNO2. The molecule has 0 spiro atoms. The van der Waals surface area contributed by atoms with E-state index in [-0.39, 0.29) is 5.56 Å². The molecule has 1 N–H and O–H groups in total. The quantitative estimate of drug-likeness (QED) is 0.658. The summed E-state index contributed by atoms with van der Waals surface area (Å²) in [5.74, 6) is -0.979. The van der Waals surface area contributed by atoms with Crippen LogP contribution in [-0.2, 0) is 0 Å². The molecule has 0 radical (unpaired) electrons. The fourth-order valence-electron chi connectivity index (χ4n) is 2.35. The van der Waals surface area contributed by atoms with Crippen LogP contribution >= 0.6 is 27.5 Å². The molecule has 1 heterocycles. The van der Waals surface area contributed by atoms with Gasteiger partial charge in [0.15, 0.2) is 0 Å². The van der Waals surface area contributed by atoms with Gasteiger partial charge in [-0.15, -0.1) is 0 Å². The number of carboxylic acid groups (broad SMARTS) is 1. The van der Waals surface area contributed by atoms with Crippen LogP contribution in [0.15, 0.2) is 46.9 Å². The van der Waals surface area contributed by atoms with Crippen LogP contribution in [0.1, 0.15) is 15.9 Å². The van der Waals surface area contributed by atoms with Crippen LogP contribution in [-0.4, -0.2) is 16.1 Å². The number of benzene rings is 2. The molecule has 0 saturated heterocycles. The van der Waals surface area contributed by atoms with Crippen molar-refractivity contribution in [3.63, 3.8) is 0 Å². The van der Waals surface area contributed by atoms with E-state index in [0.717, 1.165) is 15.6 Å². The van der Waals surface area contributed by atoms with Crippen molar-refractivity contribution in [2.45, 2.75) is 6.92 Å². The zero-order valence-electron chi connectivity index (χ0n) is 11.6. The highest BCUT2D eigenvalue weighted by Gasteiger charge is 2.15. The smallest absolute Gasteiger partial charge is 0.336 e. The van der Waals surface area contributed by atoms with Crippen LogP contribution in [0.25, 0.3) is 22.2 Å². The normalized spacial score (nSPS) is 10.9. The van der Waals surface area contributed by atoms with E-state index in [1.165, 1.54) is 0 Å². The van der Waals surface area contributed by atoms with E-state index in [9.17, 15) is 9.90 Å². The fraction of sp³-hybridized carbons (Fsp3) is 0.0588. The van der Waals surface area contributed by atoms with Gasteiger partial charge in [-0.05, 0) is 36.8 Å². The maximum absolute atomic E-state index is 11.6. The Morgan fingerprint density at radius 3 is 2.50 bits per heavy atom. The number of fused-ring (bicyclic) bond motifs is 1. The fourth-order valence-corrected chi connectivity index (χ4v) is 2.77. The van der Waals surface area contributed by atoms with Crippen LogP contribution in [0.3, 0.4) is 0 Å². The summed E-state index contributed by atoms with van der Waals surface area (Å²) >= 11 is 9.53. The largest absolute Gasteiger partial charge is 0.478 e. The first-order valence-electron chi connectivity index (χ1n) is 6.56. The lowest BCUT2D eigenvalue weighted by atomic mass is 10.0. The van der Waals surface area contributed by atoms with Gasteiger partial charge in [0.05, 0.1) is 16.8 Å². The molecule has 0 atom stereocenters. The Labute approximate surface area is 140 Å². The molecule has 3 nitrogen and oxygen atoms in total. The second kappa shape index (κ2) is 5.71. The van der Waals surface area contributed by atoms with Crippen LogP contribution in [0.4, 0.5) is 0 Å². The summed E-state index contributed by atoms with van der Waals surface area (Å²) in [5.41, 5.74) is 3.09. The number of pyridine rings is 1. The highest BCUT2D eigenvalue weighted by molar-refractivity contribution is 9.10. The Kier molecular flexibility index (Phi) is 3.89. The van der Waals surface area contributed by atoms with Gasteiger partial charge in [-0.25, -0.2) is 9.78 Å². The molecule has 1 aromatic heterocycles. The summed E-state index contributed by atoms with van der Waals surface area (Å²) in [4.78, 5) is 16.2. The van der Waals surface area contributed by atoms with E-state index in [2.05, 4.69) is 20.9 Å². The third-order valence-corrected chi connectivity index (χ3v) is 4.48. The molecule has 110 valence electrons. The first-order valence-corrected chi connectivity index (χ1v) is 7.73. The summed E-state index contributed by atoms with van der Waals surface area (Å²) in [5, 5.41) is 10.7. The molecule has 0 aliphatic rings. The van der Waals surface area contributed by atoms with Gasteiger partial charge >= 0.3 is 5.97 Å². The van der Waals surface area contributed by atoms with Crippen LogP contribution in [0, 0.1) is 6.92 Å². The third-order valence-electron chi connectivity index (χ3n) is 3.54. The van der Waals surface area contributed by atoms with E-state index in [0.29, 0.717) is 21.6 Å². The van der Waals surface area contributed by atoms with Gasteiger partial charge in [-0.1, -0.05) is 45.7 Å². The molecule has 22 heavy (non-hydrogen) atoms. The summed E-state index contributed by atoms with van der Waals surface area (Å²) in [6.45, 7) is 1.84. The van der Waals surface area contributed by atoms with E-state index in [4.69, 9.17) is 11.6 Å². The summed E-state index contributed by atoms with van der Waals surface area (Å²) in [6, 6.07) is 12.6. The number of aromatic nitrogens is 1. The van der Waals surface area contributed by atoms with E-state index >= 15 is 0 Å². The van der Waals surface area contributed by atoms with Gasteiger partial charge in [0.2, 0.25) is 0 Å². The predicted molar refractivity (Wildman–Crippen MR) is 91.6 cm³/mol. The van der Waals surface area contributed by atoms with Gasteiger partial charge in [0.1, 0.15) is 0 Å². The van der Waals surface area contributed by atoms with Crippen molar-refractivity contribution in [2.75, 3.05) is 0 Å². The highest BCUT2D eigenvalue weighted by Crippen LogP contribution is 2.30. The number of rotatable bonds is 2. The van der Waals surface area contributed by atoms with E-state index in [1.807, 2.05) is 31.2 Å². The number of nitrogens with zero attached hydrogens (tertiary/aromatic N) is 1. The monoisotopic (exact) mass is 375 g/mol. The molecule has 0 amide bonds. The Bertz CT molecular complexity index is 891. The molecule has 0 aliphatic carbocycles. The average Bonchev–Trinajstić information content (AvgIpc) is 2.51. The van der Waals surface area contributed by atoms with E-state index in [1.54, 1.807) is 18.2 Å². The molecule has 0 fully saturated rings. The Hall–Kier alpha value is -1.91. The molecule has 0 aliphatic heterocycles. The topological polar surface area (TPSA) is 50.2 Å². The van der Waals surface area contributed by atoms with Gasteiger partial charge in [0.25, 0.3) is 0 Å². The lowest BCUT2D eigenvalue weighted by molar-refractivity contribution is 0.0699. The molecule has 2 aromatic carbocycles. The van der Waals surface area contributed by atoms with Gasteiger partial charge < -0.3 is 5.11 Å². The summed E-state index contributed by atoms with van der Waals surface area (Å²) in [6.07, 6.45) is 0. The lowest BCUT2D eigenvalue weighted by Crippen LogP contribution is -2.01. The Morgan fingerprint density at radius 1 is 1.18 bits per heavy atom. The number of carboxylic acids is 1. The number of hydrogen-bond acceptors (Lipinski definition) is 2. The average molecular weight is 377 g/mol. The van der Waals surface area contributed by atoms with Crippen molar-refractivity contribution in [1.82, 2.24) is 4.98 Å². The maximum atomic E-state index is 11.6. The molecule has 0 unspecified atom stereocenters. The minimum Gasteiger partial charge on any atom is -0.478 e. The summed E-state index contributed by atoms with van der Waals surface area (Å²) < 4.78 is 0.953. The molecule has 0 saturated carbocycles. The van der Waals surface area contributed by atoms with Crippen molar-refractivity contribution in [3.8, 4) is 11.3 Å². The molecule has 5 heteroatoms. The Balaban J connectivity index is 2.35. The maximum Gasteiger partial charge on any atom is 0.336 e. The number of hydrogen-bond donors (Lipinski definition) is 1. The van der Waals surface area contributed by atoms with Crippen LogP contribution < -0.4 is 0 Å². The zero-order valence-corrected chi connectivity index (χ0v) is 13.9. The van der Waals surface area contributed by atoms with Crippen molar-refractivity contribution < 1.29 is 9.90 Å². The molecular weight excluding hydrogens is 366 g/mol. The first-order chi connectivity index (χ1) is 10.5. The van der Waals surface area contributed by atoms with Gasteiger partial charge in [-0.2, -0.15) is 0 Å². The highest BCUT2D eigenvalue weighted by atomic mass is 79.9. The number of halogens is 2. The second-order valence-corrected chi connectivity index (χ2v) is 6.26.